The molecule has 1 aliphatic rings. The van der Waals surface area contributed by atoms with Crippen molar-refractivity contribution in [3.63, 3.8) is 0 Å². The van der Waals surface area contributed by atoms with Crippen molar-refractivity contribution in [2.24, 2.45) is 0 Å². The maximum Gasteiger partial charge on any atom is 0.262 e. The van der Waals surface area contributed by atoms with Crippen molar-refractivity contribution < 1.29 is 14.3 Å². The maximum absolute atomic E-state index is 12.2. The normalized spacial score (nSPS) is 19.3. The molecule has 3 rings (SSSR count). The molecule has 2 atom stereocenters. The van der Waals surface area contributed by atoms with E-state index in [1.807, 2.05) is 24.3 Å². The van der Waals surface area contributed by atoms with Crippen molar-refractivity contribution in [3.8, 4) is 5.75 Å². The smallest absolute Gasteiger partial charge is 0.262 e. The summed E-state index contributed by atoms with van der Waals surface area (Å²) >= 11 is 0. The molecule has 2 unspecified atom stereocenters. The summed E-state index contributed by atoms with van der Waals surface area (Å²) in [4.78, 5) is 18.9. The summed E-state index contributed by atoms with van der Waals surface area (Å²) in [6.07, 6.45) is 2.03. The van der Waals surface area contributed by atoms with E-state index in [9.17, 15) is 4.79 Å². The molecule has 0 aliphatic carbocycles. The van der Waals surface area contributed by atoms with Gasteiger partial charge in [0.15, 0.2) is 6.61 Å². The monoisotopic (exact) mass is 397 g/mol. The predicted octanol–water partition coefficient (Wildman–Crippen LogP) is 4.14. The Morgan fingerprint density at radius 2 is 1.97 bits per heavy atom. The van der Waals surface area contributed by atoms with E-state index in [2.05, 4.69) is 55.9 Å². The van der Waals surface area contributed by atoms with Crippen molar-refractivity contribution in [1.82, 2.24) is 4.98 Å². The summed E-state index contributed by atoms with van der Waals surface area (Å²) in [6, 6.07) is 9.74. The lowest BCUT2D eigenvalue weighted by molar-refractivity contribution is -0.118. The van der Waals surface area contributed by atoms with Crippen molar-refractivity contribution in [2.75, 3.05) is 29.9 Å². The van der Waals surface area contributed by atoms with Crippen molar-refractivity contribution in [3.05, 3.63) is 47.7 Å². The van der Waals surface area contributed by atoms with Crippen LogP contribution in [0.25, 0.3) is 0 Å². The molecule has 6 nitrogen and oxygen atoms in total. The zero-order valence-corrected chi connectivity index (χ0v) is 17.9. The standard InChI is InChI=1S/C23H31N3O3/c1-15(2)21-8-7-20(10-16(21)3)28-14-23(27)25-19-6-9-22(24-11-19)26-12-17(4)29-18(5)13-26/h6-11,15,17-18H,12-14H2,1-5H3,(H,25,27). The first-order valence-corrected chi connectivity index (χ1v) is 10.2. The van der Waals surface area contributed by atoms with Crippen molar-refractivity contribution >= 4 is 17.4 Å². The number of morpholine rings is 1. The van der Waals surface area contributed by atoms with E-state index in [0.717, 1.165) is 18.9 Å². The van der Waals surface area contributed by atoms with Crippen LogP contribution in [-0.2, 0) is 9.53 Å². The molecule has 0 radical (unpaired) electrons. The Balaban J connectivity index is 1.52. The molecule has 1 fully saturated rings. The highest BCUT2D eigenvalue weighted by molar-refractivity contribution is 5.91. The lowest BCUT2D eigenvalue weighted by atomic mass is 9.98. The quantitative estimate of drug-likeness (QED) is 0.793. The molecule has 156 valence electrons. The number of benzene rings is 1. The van der Waals surface area contributed by atoms with Gasteiger partial charge in [-0.15, -0.1) is 0 Å². The minimum atomic E-state index is -0.209. The van der Waals surface area contributed by atoms with E-state index < -0.39 is 0 Å². The number of carbonyl (C=O) groups excluding carboxylic acids is 1. The Bertz CT molecular complexity index is 826. The number of rotatable bonds is 6. The third-order valence-corrected chi connectivity index (χ3v) is 5.01. The third-order valence-electron chi connectivity index (χ3n) is 5.01. The van der Waals surface area contributed by atoms with Gasteiger partial charge in [-0.3, -0.25) is 4.79 Å². The molecule has 0 spiro atoms. The average Bonchev–Trinajstić information content (AvgIpc) is 2.66. The van der Waals surface area contributed by atoms with Gasteiger partial charge in [0, 0.05) is 13.1 Å². The number of anilines is 2. The van der Waals surface area contributed by atoms with Crippen LogP contribution in [0.5, 0.6) is 5.75 Å². The molecule has 2 aromatic rings. The highest BCUT2D eigenvalue weighted by Gasteiger charge is 2.23. The molecule has 29 heavy (non-hydrogen) atoms. The van der Waals surface area contributed by atoms with E-state index in [1.165, 1.54) is 11.1 Å². The Morgan fingerprint density at radius 1 is 1.24 bits per heavy atom. The highest BCUT2D eigenvalue weighted by Crippen LogP contribution is 2.23. The van der Waals surface area contributed by atoms with Crippen LogP contribution in [0.2, 0.25) is 0 Å². The van der Waals surface area contributed by atoms with Crippen molar-refractivity contribution in [2.45, 2.75) is 52.7 Å². The Labute approximate surface area is 173 Å². The number of nitrogens with zero attached hydrogens (tertiary/aromatic N) is 2. The number of aryl methyl sites for hydroxylation is 1. The summed E-state index contributed by atoms with van der Waals surface area (Å²) < 4.78 is 11.4. The molecule has 1 amide bonds. The van der Waals surface area contributed by atoms with Crippen LogP contribution in [-0.4, -0.2) is 42.8 Å². The number of ether oxygens (including phenoxy) is 2. The van der Waals surface area contributed by atoms with Gasteiger partial charge < -0.3 is 19.7 Å². The highest BCUT2D eigenvalue weighted by atomic mass is 16.5. The fourth-order valence-electron chi connectivity index (χ4n) is 3.74. The van der Waals surface area contributed by atoms with E-state index in [0.29, 0.717) is 17.4 Å². The van der Waals surface area contributed by atoms with E-state index >= 15 is 0 Å². The van der Waals surface area contributed by atoms with E-state index in [4.69, 9.17) is 9.47 Å². The van der Waals surface area contributed by atoms with Crippen LogP contribution in [0, 0.1) is 6.92 Å². The first kappa shape index (κ1) is 21.1. The van der Waals surface area contributed by atoms with Gasteiger partial charge in [0.05, 0.1) is 24.1 Å². The number of carbonyl (C=O) groups is 1. The van der Waals surface area contributed by atoms with Crippen LogP contribution in [0.3, 0.4) is 0 Å². The van der Waals surface area contributed by atoms with Gasteiger partial charge in [0.2, 0.25) is 0 Å². The zero-order chi connectivity index (χ0) is 21.0. The lowest BCUT2D eigenvalue weighted by Crippen LogP contribution is -2.45. The van der Waals surface area contributed by atoms with Crippen LogP contribution in [0.1, 0.15) is 44.7 Å². The number of hydrogen-bond acceptors (Lipinski definition) is 5. The van der Waals surface area contributed by atoms with Crippen LogP contribution < -0.4 is 15.0 Å². The summed E-state index contributed by atoms with van der Waals surface area (Å²) in [6.45, 7) is 12.1. The second-order valence-corrected chi connectivity index (χ2v) is 8.08. The Morgan fingerprint density at radius 3 is 2.55 bits per heavy atom. The number of pyridine rings is 1. The molecule has 0 saturated carbocycles. The number of nitrogens with one attached hydrogen (secondary N) is 1. The summed E-state index contributed by atoms with van der Waals surface area (Å²) in [5.74, 6) is 1.85. The zero-order valence-electron chi connectivity index (χ0n) is 17.9. The predicted molar refractivity (Wildman–Crippen MR) is 116 cm³/mol. The van der Waals surface area contributed by atoms with Crippen LogP contribution >= 0.6 is 0 Å². The molecule has 1 saturated heterocycles. The molecule has 1 aliphatic heterocycles. The minimum Gasteiger partial charge on any atom is -0.484 e. The summed E-state index contributed by atoms with van der Waals surface area (Å²) in [5.41, 5.74) is 3.12. The number of amides is 1. The van der Waals surface area contributed by atoms with E-state index in [1.54, 1.807) is 6.20 Å². The molecule has 1 aromatic heterocycles. The Hall–Kier alpha value is -2.60. The van der Waals surface area contributed by atoms with Crippen LogP contribution in [0.4, 0.5) is 11.5 Å². The average molecular weight is 398 g/mol. The van der Waals surface area contributed by atoms with Gasteiger partial charge in [-0.2, -0.15) is 0 Å². The van der Waals surface area contributed by atoms with Gasteiger partial charge >= 0.3 is 0 Å². The molecule has 0 bridgehead atoms. The molecule has 2 heterocycles. The molecule has 6 heteroatoms. The van der Waals surface area contributed by atoms with Gasteiger partial charge in [-0.25, -0.2) is 4.98 Å². The second kappa shape index (κ2) is 9.27. The second-order valence-electron chi connectivity index (χ2n) is 8.08. The maximum atomic E-state index is 12.2. The fraction of sp³-hybridized carbons (Fsp3) is 0.478. The van der Waals surface area contributed by atoms with Gasteiger partial charge in [0.1, 0.15) is 11.6 Å². The van der Waals surface area contributed by atoms with Gasteiger partial charge in [-0.05, 0) is 62.1 Å². The lowest BCUT2D eigenvalue weighted by Gasteiger charge is -2.36. The third kappa shape index (κ3) is 5.70. The largest absolute Gasteiger partial charge is 0.484 e. The van der Waals surface area contributed by atoms with Crippen molar-refractivity contribution in [1.29, 1.82) is 0 Å². The van der Waals surface area contributed by atoms with E-state index in [-0.39, 0.29) is 24.7 Å². The van der Waals surface area contributed by atoms with Gasteiger partial charge in [-0.1, -0.05) is 19.9 Å². The Kier molecular flexibility index (Phi) is 6.75. The number of aromatic nitrogens is 1. The number of hydrogen-bond donors (Lipinski definition) is 1. The summed E-state index contributed by atoms with van der Waals surface area (Å²) in [5, 5.41) is 2.83. The summed E-state index contributed by atoms with van der Waals surface area (Å²) in [7, 11) is 0. The molecule has 1 N–H and O–H groups in total. The van der Waals surface area contributed by atoms with Crippen LogP contribution in [0.15, 0.2) is 36.5 Å². The SMILES string of the molecule is Cc1cc(OCC(=O)Nc2ccc(N3CC(C)OC(C)C3)nc2)ccc1C(C)C. The topological polar surface area (TPSA) is 63.7 Å². The molecular weight excluding hydrogens is 366 g/mol. The van der Waals surface area contributed by atoms with Gasteiger partial charge in [0.25, 0.3) is 5.91 Å². The first-order chi connectivity index (χ1) is 13.8. The minimum absolute atomic E-state index is 0.0410. The molecular formula is C23H31N3O3. The fourth-order valence-corrected chi connectivity index (χ4v) is 3.74. The molecule has 1 aromatic carbocycles. The first-order valence-electron chi connectivity index (χ1n) is 10.2.